The highest BCUT2D eigenvalue weighted by atomic mass is 32.1. The van der Waals surface area contributed by atoms with Gasteiger partial charge in [-0.25, -0.2) is 4.98 Å². The molecule has 2 aromatic rings. The lowest BCUT2D eigenvalue weighted by Crippen LogP contribution is -1.95. The number of anilines is 1. The molecule has 0 saturated heterocycles. The number of aryl methyl sites for hydroxylation is 2. The van der Waals surface area contributed by atoms with E-state index in [0.717, 1.165) is 40.7 Å². The lowest BCUT2D eigenvalue weighted by atomic mass is 10.3. The van der Waals surface area contributed by atoms with E-state index in [2.05, 4.69) is 23.9 Å². The minimum Gasteiger partial charge on any atom is -0.389 e. The largest absolute Gasteiger partial charge is 0.389 e. The fourth-order valence-electron chi connectivity index (χ4n) is 1.57. The van der Waals surface area contributed by atoms with Crippen LogP contribution in [0.25, 0.3) is 11.3 Å². The van der Waals surface area contributed by atoms with E-state index in [9.17, 15) is 0 Å². The molecule has 2 heterocycles. The number of rotatable bonds is 4. The molecule has 0 aliphatic carbocycles. The summed E-state index contributed by atoms with van der Waals surface area (Å²) >= 11 is 1.56. The maximum absolute atomic E-state index is 5.95. The van der Waals surface area contributed by atoms with Gasteiger partial charge in [-0.3, -0.25) is 4.68 Å². The Morgan fingerprint density at radius 1 is 1.44 bits per heavy atom. The van der Waals surface area contributed by atoms with Crippen molar-refractivity contribution in [1.29, 1.82) is 0 Å². The number of nitrogens with zero attached hydrogens (tertiary/aromatic N) is 3. The van der Waals surface area contributed by atoms with Crippen LogP contribution in [0.3, 0.4) is 0 Å². The molecule has 0 spiro atoms. The molecule has 0 radical (unpaired) electrons. The molecule has 0 amide bonds. The first-order valence-electron chi connectivity index (χ1n) is 5.52. The fraction of sp³-hybridized carbons (Fsp3) is 0.455. The molecule has 4 nitrogen and oxygen atoms in total. The molecule has 0 aliphatic rings. The van der Waals surface area contributed by atoms with Crippen LogP contribution in [-0.4, -0.2) is 14.8 Å². The van der Waals surface area contributed by atoms with Crippen molar-refractivity contribution >= 4 is 16.3 Å². The highest BCUT2D eigenvalue weighted by molar-refractivity contribution is 7.16. The van der Waals surface area contributed by atoms with Crippen LogP contribution in [0.4, 0.5) is 5.00 Å². The first kappa shape index (κ1) is 11.1. The molecule has 0 bridgehead atoms. The van der Waals surface area contributed by atoms with Crippen molar-refractivity contribution in [2.45, 2.75) is 33.2 Å². The van der Waals surface area contributed by atoms with E-state index in [1.807, 2.05) is 17.1 Å². The molecule has 2 rings (SSSR count). The summed E-state index contributed by atoms with van der Waals surface area (Å²) in [6.45, 7) is 5.15. The Morgan fingerprint density at radius 2 is 2.25 bits per heavy atom. The van der Waals surface area contributed by atoms with Crippen LogP contribution in [0.5, 0.6) is 0 Å². The Kier molecular flexibility index (Phi) is 3.24. The summed E-state index contributed by atoms with van der Waals surface area (Å²) in [5.41, 5.74) is 7.85. The molecule has 86 valence electrons. The topological polar surface area (TPSA) is 56.7 Å². The maximum Gasteiger partial charge on any atom is 0.114 e. The Balaban J connectivity index is 2.30. The van der Waals surface area contributed by atoms with Gasteiger partial charge >= 0.3 is 0 Å². The zero-order valence-corrected chi connectivity index (χ0v) is 10.4. The van der Waals surface area contributed by atoms with Gasteiger partial charge in [0.05, 0.1) is 11.2 Å². The van der Waals surface area contributed by atoms with Gasteiger partial charge in [-0.1, -0.05) is 13.8 Å². The Bertz CT molecular complexity index is 472. The predicted octanol–water partition coefficient (Wildman–Crippen LogP) is 2.56. The minimum atomic E-state index is 0.785. The van der Waals surface area contributed by atoms with Gasteiger partial charge in [0, 0.05) is 18.3 Å². The first-order valence-corrected chi connectivity index (χ1v) is 6.34. The van der Waals surface area contributed by atoms with Gasteiger partial charge in [0.2, 0.25) is 0 Å². The molecule has 2 aromatic heterocycles. The van der Waals surface area contributed by atoms with Crippen LogP contribution in [0.15, 0.2) is 12.4 Å². The third-order valence-corrected chi connectivity index (χ3v) is 3.39. The highest BCUT2D eigenvalue weighted by Crippen LogP contribution is 2.30. The molecule has 0 aliphatic heterocycles. The molecular formula is C11H16N4S. The van der Waals surface area contributed by atoms with Crippen LogP contribution < -0.4 is 5.73 Å². The molecule has 0 unspecified atom stereocenters. The van der Waals surface area contributed by atoms with Gasteiger partial charge in [0.25, 0.3) is 0 Å². The van der Waals surface area contributed by atoms with Crippen molar-refractivity contribution in [2.75, 3.05) is 5.73 Å². The molecule has 5 heteroatoms. The second-order valence-electron chi connectivity index (χ2n) is 3.67. The van der Waals surface area contributed by atoms with Gasteiger partial charge in [-0.05, 0) is 12.8 Å². The second kappa shape index (κ2) is 4.65. The van der Waals surface area contributed by atoms with Gasteiger partial charge in [-0.15, -0.1) is 11.3 Å². The van der Waals surface area contributed by atoms with Gasteiger partial charge in [0.15, 0.2) is 0 Å². The van der Waals surface area contributed by atoms with Crippen molar-refractivity contribution in [3.05, 3.63) is 17.4 Å². The molecular weight excluding hydrogens is 220 g/mol. The minimum absolute atomic E-state index is 0.785. The standard InChI is InChI=1S/C11H16N4S/c1-3-5-15-7-8(6-13-15)10-11(12)16-9(4-2)14-10/h6-7H,3-5,12H2,1-2H3. The Morgan fingerprint density at radius 3 is 2.88 bits per heavy atom. The van der Waals surface area contributed by atoms with Gasteiger partial charge in [-0.2, -0.15) is 5.10 Å². The average Bonchev–Trinajstić information content (AvgIpc) is 2.85. The van der Waals surface area contributed by atoms with E-state index in [1.165, 1.54) is 0 Å². The summed E-state index contributed by atoms with van der Waals surface area (Å²) in [7, 11) is 0. The number of hydrogen-bond donors (Lipinski definition) is 1. The quantitative estimate of drug-likeness (QED) is 0.887. The molecule has 0 fully saturated rings. The summed E-state index contributed by atoms with van der Waals surface area (Å²) in [4.78, 5) is 4.51. The molecule has 16 heavy (non-hydrogen) atoms. The summed E-state index contributed by atoms with van der Waals surface area (Å²) in [6, 6.07) is 0. The van der Waals surface area contributed by atoms with Gasteiger partial charge < -0.3 is 5.73 Å². The van der Waals surface area contributed by atoms with Crippen molar-refractivity contribution in [1.82, 2.24) is 14.8 Å². The van der Waals surface area contributed by atoms with Crippen LogP contribution in [0.2, 0.25) is 0 Å². The van der Waals surface area contributed by atoms with Crippen molar-refractivity contribution in [3.63, 3.8) is 0 Å². The molecule has 0 atom stereocenters. The summed E-state index contributed by atoms with van der Waals surface area (Å²) < 4.78 is 1.93. The van der Waals surface area contributed by atoms with Crippen molar-refractivity contribution in [3.8, 4) is 11.3 Å². The summed E-state index contributed by atoms with van der Waals surface area (Å²) in [6.07, 6.45) is 5.85. The van der Waals surface area contributed by atoms with Crippen LogP contribution in [0, 0.1) is 0 Å². The highest BCUT2D eigenvalue weighted by Gasteiger charge is 2.11. The smallest absolute Gasteiger partial charge is 0.114 e. The molecule has 0 saturated carbocycles. The van der Waals surface area contributed by atoms with E-state index in [1.54, 1.807) is 11.3 Å². The van der Waals surface area contributed by atoms with E-state index in [0.29, 0.717) is 0 Å². The summed E-state index contributed by atoms with van der Waals surface area (Å²) in [5.74, 6) is 0. The zero-order valence-electron chi connectivity index (χ0n) is 9.60. The fourth-order valence-corrected chi connectivity index (χ4v) is 2.37. The lowest BCUT2D eigenvalue weighted by molar-refractivity contribution is 0.603. The molecule has 2 N–H and O–H groups in total. The maximum atomic E-state index is 5.95. The zero-order chi connectivity index (χ0) is 11.5. The van der Waals surface area contributed by atoms with Crippen molar-refractivity contribution < 1.29 is 0 Å². The Labute approximate surface area is 99.1 Å². The third kappa shape index (κ3) is 2.09. The van der Waals surface area contributed by atoms with Gasteiger partial charge in [0.1, 0.15) is 10.7 Å². The number of hydrogen-bond acceptors (Lipinski definition) is 4. The second-order valence-corrected chi connectivity index (χ2v) is 4.78. The number of aromatic nitrogens is 3. The van der Waals surface area contributed by atoms with E-state index in [-0.39, 0.29) is 0 Å². The third-order valence-electron chi connectivity index (χ3n) is 2.36. The number of thiazole rings is 1. The SMILES string of the molecule is CCCn1cc(-c2nc(CC)sc2N)cn1. The molecule has 0 aromatic carbocycles. The predicted molar refractivity (Wildman–Crippen MR) is 67.4 cm³/mol. The van der Waals surface area contributed by atoms with Crippen molar-refractivity contribution in [2.24, 2.45) is 0 Å². The Hall–Kier alpha value is -1.36. The van der Waals surface area contributed by atoms with Crippen LogP contribution in [-0.2, 0) is 13.0 Å². The first-order chi connectivity index (χ1) is 7.74. The monoisotopic (exact) mass is 236 g/mol. The van der Waals surface area contributed by atoms with Crippen LogP contribution in [0.1, 0.15) is 25.3 Å². The lowest BCUT2D eigenvalue weighted by Gasteiger charge is -1.95. The number of nitrogen functional groups attached to an aromatic ring is 1. The van der Waals surface area contributed by atoms with Crippen LogP contribution >= 0.6 is 11.3 Å². The average molecular weight is 236 g/mol. The van der Waals surface area contributed by atoms with E-state index in [4.69, 9.17) is 5.73 Å². The summed E-state index contributed by atoms with van der Waals surface area (Å²) in [5, 5.41) is 6.15. The van der Waals surface area contributed by atoms with E-state index < -0.39 is 0 Å². The normalized spacial score (nSPS) is 10.9. The van der Waals surface area contributed by atoms with E-state index >= 15 is 0 Å². The number of nitrogens with two attached hydrogens (primary N) is 1.